The molecule has 0 bridgehead atoms. The Kier molecular flexibility index (Phi) is 6.79. The van der Waals surface area contributed by atoms with Gasteiger partial charge in [-0.2, -0.15) is 0 Å². The fourth-order valence-corrected chi connectivity index (χ4v) is 5.19. The van der Waals surface area contributed by atoms with Crippen molar-refractivity contribution in [3.8, 4) is 0 Å². The van der Waals surface area contributed by atoms with Crippen LogP contribution in [0, 0.1) is 0 Å². The van der Waals surface area contributed by atoms with Crippen molar-refractivity contribution in [2.45, 2.75) is 19.4 Å². The number of carbonyl (C=O) groups is 2. The molecule has 1 unspecified atom stereocenters. The maximum Gasteiger partial charge on any atom is 0.324 e. The summed E-state index contributed by atoms with van der Waals surface area (Å²) >= 11 is 7.30. The minimum Gasteiger partial charge on any atom is -0.384 e. The van der Waals surface area contributed by atoms with Crippen LogP contribution in [0.1, 0.15) is 27.2 Å². The van der Waals surface area contributed by atoms with Crippen LogP contribution in [-0.2, 0) is 17.7 Å². The summed E-state index contributed by atoms with van der Waals surface area (Å²) in [6.45, 7) is 3.46. The summed E-state index contributed by atoms with van der Waals surface area (Å²) in [6.07, 6.45) is 1.74. The van der Waals surface area contributed by atoms with Crippen molar-refractivity contribution in [1.82, 2.24) is 0 Å². The van der Waals surface area contributed by atoms with Crippen molar-refractivity contribution in [2.75, 3.05) is 44.5 Å². The quantitative estimate of drug-likeness (QED) is 0.455. The van der Waals surface area contributed by atoms with E-state index in [1.54, 1.807) is 31.4 Å². The van der Waals surface area contributed by atoms with E-state index < -0.39 is 11.9 Å². The minimum absolute atomic E-state index is 0.425. The molecule has 3 rings (SSSR count). The number of thiophene rings is 1. The van der Waals surface area contributed by atoms with E-state index in [1.807, 2.05) is 0 Å². The van der Waals surface area contributed by atoms with E-state index in [9.17, 15) is 9.59 Å². The maximum absolute atomic E-state index is 12.4. The van der Waals surface area contributed by atoms with Crippen molar-refractivity contribution in [1.29, 1.82) is 0 Å². The Labute approximate surface area is 179 Å². The number of carbonyl (C=O) groups excluding carboxylic acids is 2. The largest absolute Gasteiger partial charge is 0.384 e. The molecule has 1 aromatic carbocycles. The minimum atomic E-state index is -0.514. The normalized spacial score (nSPS) is 18.2. The van der Waals surface area contributed by atoms with Crippen LogP contribution in [0.5, 0.6) is 0 Å². The average Bonchev–Trinajstić information content (AvgIpc) is 3.00. The number of methoxy groups -OCH3 is 1. The van der Waals surface area contributed by atoms with Gasteiger partial charge >= 0.3 is 6.03 Å². The molecule has 1 aromatic heterocycles. The number of amides is 3. The number of fused-ring (bicyclic) bond motifs is 1. The number of quaternary nitrogens is 1. The molecule has 0 saturated carbocycles. The van der Waals surface area contributed by atoms with E-state index in [0.717, 1.165) is 54.0 Å². The molecule has 1 atom stereocenters. The Balaban J connectivity index is 1.76. The van der Waals surface area contributed by atoms with E-state index in [4.69, 9.17) is 22.1 Å². The first kappa shape index (κ1) is 21.6. The van der Waals surface area contributed by atoms with Crippen LogP contribution in [0.2, 0.25) is 5.02 Å². The molecular formula is C20H26ClN4O3S+. The second-order valence-electron chi connectivity index (χ2n) is 7.48. The first-order valence-electron chi connectivity index (χ1n) is 9.42. The van der Waals surface area contributed by atoms with Gasteiger partial charge < -0.3 is 20.3 Å². The third-order valence-electron chi connectivity index (χ3n) is 5.14. The van der Waals surface area contributed by atoms with Crippen LogP contribution in [0.3, 0.4) is 0 Å². The number of nitrogens with two attached hydrogens (primary N) is 1. The van der Waals surface area contributed by atoms with E-state index in [2.05, 4.69) is 17.7 Å². The third kappa shape index (κ3) is 5.27. The molecule has 0 fully saturated rings. The highest BCUT2D eigenvalue weighted by atomic mass is 35.5. The zero-order chi connectivity index (χ0) is 21.0. The number of hydrogen-bond donors (Lipinski definition) is 3. The zero-order valence-electron chi connectivity index (χ0n) is 16.6. The number of likely N-dealkylation sites (N-methyl/N-ethyl adjacent to an activating group) is 1. The summed E-state index contributed by atoms with van der Waals surface area (Å²) < 4.78 is 6.05. The smallest absolute Gasteiger partial charge is 0.324 e. The molecule has 9 heteroatoms. The molecule has 2 aromatic rings. The number of primary amides is 1. The average molecular weight is 438 g/mol. The fourth-order valence-electron chi connectivity index (χ4n) is 3.64. The predicted octanol–water partition coefficient (Wildman–Crippen LogP) is 3.68. The zero-order valence-corrected chi connectivity index (χ0v) is 18.2. The van der Waals surface area contributed by atoms with Gasteiger partial charge in [0.1, 0.15) is 11.5 Å². The van der Waals surface area contributed by atoms with Gasteiger partial charge in [-0.25, -0.2) is 4.79 Å². The predicted molar refractivity (Wildman–Crippen MR) is 117 cm³/mol. The fraction of sp³-hybridized carbons (Fsp3) is 0.400. The number of halogens is 1. The van der Waals surface area contributed by atoms with E-state index in [1.165, 1.54) is 11.3 Å². The lowest BCUT2D eigenvalue weighted by Gasteiger charge is -2.37. The molecule has 156 valence electrons. The van der Waals surface area contributed by atoms with Crippen molar-refractivity contribution in [3.63, 3.8) is 0 Å². The number of nitrogens with zero attached hydrogens (tertiary/aromatic N) is 1. The van der Waals surface area contributed by atoms with Gasteiger partial charge in [0.2, 0.25) is 0 Å². The summed E-state index contributed by atoms with van der Waals surface area (Å²) in [4.78, 5) is 25.7. The standard InChI is InChI=1S/C20H25ClN4O3S/c1-25(9-3-11-28-2)10-8-15-16(12-25)29-19(17(15)18(22)26)24-20(27)23-14-6-4-13(21)5-7-14/h4-7H,3,8-12H2,1-2H3,(H3-,22,23,24,26,27)/p+1. The van der Waals surface area contributed by atoms with E-state index >= 15 is 0 Å². The number of hydrogen-bond acceptors (Lipinski definition) is 4. The SMILES string of the molecule is COCCC[N+]1(C)CCc2c(sc(NC(=O)Nc3ccc(Cl)cc3)c2C(N)=O)C1. The number of benzene rings is 1. The van der Waals surface area contributed by atoms with Crippen LogP contribution in [0.25, 0.3) is 0 Å². The molecule has 0 saturated heterocycles. The van der Waals surface area contributed by atoms with Gasteiger partial charge in [-0.3, -0.25) is 10.1 Å². The molecule has 0 spiro atoms. The highest BCUT2D eigenvalue weighted by Gasteiger charge is 2.34. The molecule has 29 heavy (non-hydrogen) atoms. The number of rotatable bonds is 7. The Morgan fingerprint density at radius 2 is 2.00 bits per heavy atom. The number of nitrogens with one attached hydrogen (secondary N) is 2. The Bertz CT molecular complexity index is 900. The van der Waals surface area contributed by atoms with Gasteiger partial charge in [0, 0.05) is 30.7 Å². The van der Waals surface area contributed by atoms with Crippen molar-refractivity contribution >= 4 is 45.6 Å². The van der Waals surface area contributed by atoms with Crippen LogP contribution in [-0.4, -0.2) is 50.3 Å². The molecule has 2 heterocycles. The first-order chi connectivity index (χ1) is 13.8. The molecule has 4 N–H and O–H groups in total. The Hall–Kier alpha value is -2.13. The summed E-state index contributed by atoms with van der Waals surface area (Å²) in [7, 11) is 3.92. The lowest BCUT2D eigenvalue weighted by atomic mass is 10.0. The number of anilines is 2. The second-order valence-corrected chi connectivity index (χ2v) is 9.02. The molecule has 3 amide bonds. The lowest BCUT2D eigenvalue weighted by Crippen LogP contribution is -2.48. The molecule has 7 nitrogen and oxygen atoms in total. The van der Waals surface area contributed by atoms with E-state index in [-0.39, 0.29) is 0 Å². The Morgan fingerprint density at radius 1 is 1.28 bits per heavy atom. The maximum atomic E-state index is 12.4. The van der Waals surface area contributed by atoms with Gasteiger partial charge in [0.05, 0.1) is 37.2 Å². The first-order valence-corrected chi connectivity index (χ1v) is 10.6. The second kappa shape index (κ2) is 9.13. The van der Waals surface area contributed by atoms with E-state index in [0.29, 0.717) is 21.3 Å². The van der Waals surface area contributed by atoms with Gasteiger partial charge in [-0.1, -0.05) is 11.6 Å². The van der Waals surface area contributed by atoms with Gasteiger partial charge in [-0.15, -0.1) is 11.3 Å². The highest BCUT2D eigenvalue weighted by Crippen LogP contribution is 2.38. The third-order valence-corrected chi connectivity index (χ3v) is 6.52. The molecule has 0 radical (unpaired) electrons. The highest BCUT2D eigenvalue weighted by molar-refractivity contribution is 7.17. The number of urea groups is 1. The summed E-state index contributed by atoms with van der Waals surface area (Å²) in [5.74, 6) is -0.514. The topological polar surface area (TPSA) is 93.4 Å². The van der Waals surface area contributed by atoms with Gasteiger partial charge in [0.25, 0.3) is 5.91 Å². The van der Waals surface area contributed by atoms with Gasteiger partial charge in [0.15, 0.2) is 0 Å². The Morgan fingerprint density at radius 3 is 2.66 bits per heavy atom. The summed E-state index contributed by atoms with van der Waals surface area (Å²) in [6, 6.07) is 6.38. The molecular weight excluding hydrogens is 412 g/mol. The number of ether oxygens (including phenoxy) is 1. The molecule has 1 aliphatic rings. The molecule has 0 aliphatic carbocycles. The summed E-state index contributed by atoms with van der Waals surface area (Å²) in [5.41, 5.74) is 7.66. The monoisotopic (exact) mass is 437 g/mol. The van der Waals surface area contributed by atoms with Crippen LogP contribution >= 0.6 is 22.9 Å². The lowest BCUT2D eigenvalue weighted by molar-refractivity contribution is -0.924. The van der Waals surface area contributed by atoms with Crippen LogP contribution in [0.4, 0.5) is 15.5 Å². The van der Waals surface area contributed by atoms with Crippen molar-refractivity contribution in [2.24, 2.45) is 5.73 Å². The van der Waals surface area contributed by atoms with Crippen molar-refractivity contribution < 1.29 is 18.8 Å². The van der Waals surface area contributed by atoms with Gasteiger partial charge in [-0.05, 0) is 29.8 Å². The molecule has 1 aliphatic heterocycles. The van der Waals surface area contributed by atoms with Crippen LogP contribution in [0.15, 0.2) is 24.3 Å². The van der Waals surface area contributed by atoms with Crippen LogP contribution < -0.4 is 16.4 Å². The summed E-state index contributed by atoms with van der Waals surface area (Å²) in [5, 5.41) is 6.63. The van der Waals surface area contributed by atoms with Crippen molar-refractivity contribution in [3.05, 3.63) is 45.3 Å².